The van der Waals surface area contributed by atoms with Gasteiger partial charge in [0.25, 0.3) is 5.91 Å². The minimum atomic E-state index is -0.0314. The number of aromatic nitrogens is 2. The molecule has 0 aromatic carbocycles. The van der Waals surface area contributed by atoms with Gasteiger partial charge in [0.2, 0.25) is 5.95 Å². The molecule has 2 saturated heterocycles. The molecule has 0 bridgehead atoms. The molecule has 0 atom stereocenters. The number of rotatable bonds is 2. The monoisotopic (exact) mass is 291 g/mol. The summed E-state index contributed by atoms with van der Waals surface area (Å²) in [5, 5.41) is 0. The Balaban J connectivity index is 1.71. The van der Waals surface area contributed by atoms with Crippen molar-refractivity contribution < 1.29 is 9.53 Å². The third kappa shape index (κ3) is 3.30. The highest BCUT2D eigenvalue weighted by atomic mass is 16.5. The van der Waals surface area contributed by atoms with Crippen LogP contribution in [0.1, 0.15) is 10.5 Å². The Morgan fingerprint density at radius 2 is 1.86 bits per heavy atom. The zero-order valence-electron chi connectivity index (χ0n) is 12.4. The van der Waals surface area contributed by atoms with Crippen molar-refractivity contribution in [1.29, 1.82) is 0 Å². The Hall–Kier alpha value is -1.73. The lowest BCUT2D eigenvalue weighted by molar-refractivity contribution is 0.0299. The first-order chi connectivity index (χ1) is 10.2. The Labute approximate surface area is 124 Å². The minimum Gasteiger partial charge on any atom is -0.378 e. The molecule has 114 valence electrons. The van der Waals surface area contributed by atoms with Crippen molar-refractivity contribution in [2.75, 3.05) is 64.4 Å². The smallest absolute Gasteiger partial charge is 0.272 e. The van der Waals surface area contributed by atoms with Gasteiger partial charge in [-0.05, 0) is 13.1 Å². The second kappa shape index (κ2) is 6.36. The molecule has 0 radical (unpaired) electrons. The summed E-state index contributed by atoms with van der Waals surface area (Å²) in [6.45, 7) is 6.23. The number of carbonyl (C=O) groups excluding carboxylic acids is 1. The first-order valence-electron chi connectivity index (χ1n) is 7.37. The van der Waals surface area contributed by atoms with Crippen LogP contribution in [0.25, 0.3) is 0 Å². The van der Waals surface area contributed by atoms with Gasteiger partial charge < -0.3 is 19.4 Å². The average Bonchev–Trinajstić information content (AvgIpc) is 2.56. The van der Waals surface area contributed by atoms with E-state index in [0.717, 1.165) is 26.2 Å². The molecule has 0 unspecified atom stereocenters. The molecule has 3 heterocycles. The maximum atomic E-state index is 12.4. The zero-order chi connectivity index (χ0) is 14.7. The van der Waals surface area contributed by atoms with Gasteiger partial charge in [0.05, 0.1) is 13.2 Å². The summed E-state index contributed by atoms with van der Waals surface area (Å²) in [7, 11) is 2.11. The number of likely N-dealkylation sites (N-methyl/N-ethyl adjacent to an activating group) is 1. The Bertz CT molecular complexity index is 496. The number of hydrogen-bond acceptors (Lipinski definition) is 6. The van der Waals surface area contributed by atoms with E-state index in [2.05, 4.69) is 26.8 Å². The molecule has 7 heteroatoms. The Kier molecular flexibility index (Phi) is 4.31. The summed E-state index contributed by atoms with van der Waals surface area (Å²) in [5.74, 6) is 0.623. The molecule has 2 aliphatic heterocycles. The third-order valence-corrected chi connectivity index (χ3v) is 3.95. The molecule has 1 aromatic heterocycles. The summed E-state index contributed by atoms with van der Waals surface area (Å²) in [5.41, 5.74) is 0.473. The molecular formula is C14H21N5O2. The van der Waals surface area contributed by atoms with Crippen LogP contribution < -0.4 is 4.90 Å². The first-order valence-corrected chi connectivity index (χ1v) is 7.37. The van der Waals surface area contributed by atoms with Crippen LogP contribution in [-0.2, 0) is 4.74 Å². The van der Waals surface area contributed by atoms with Crippen LogP contribution in [0.3, 0.4) is 0 Å². The predicted molar refractivity (Wildman–Crippen MR) is 78.5 cm³/mol. The van der Waals surface area contributed by atoms with Gasteiger partial charge in [-0.2, -0.15) is 0 Å². The van der Waals surface area contributed by atoms with E-state index in [-0.39, 0.29) is 5.91 Å². The fraction of sp³-hybridized carbons (Fsp3) is 0.643. The summed E-state index contributed by atoms with van der Waals surface area (Å²) < 4.78 is 5.28. The van der Waals surface area contributed by atoms with Gasteiger partial charge in [-0.1, -0.05) is 0 Å². The van der Waals surface area contributed by atoms with Crippen LogP contribution >= 0.6 is 0 Å². The maximum absolute atomic E-state index is 12.4. The lowest BCUT2D eigenvalue weighted by Crippen LogP contribution is -2.45. The fourth-order valence-electron chi connectivity index (χ4n) is 2.55. The fourth-order valence-corrected chi connectivity index (χ4v) is 2.55. The lowest BCUT2D eigenvalue weighted by Gasteiger charge is -2.32. The molecule has 1 aromatic rings. The van der Waals surface area contributed by atoms with Crippen LogP contribution in [0.15, 0.2) is 12.3 Å². The number of morpholine rings is 1. The van der Waals surface area contributed by atoms with Crippen molar-refractivity contribution in [2.45, 2.75) is 0 Å². The molecule has 2 fully saturated rings. The largest absolute Gasteiger partial charge is 0.378 e. The molecule has 0 N–H and O–H groups in total. The van der Waals surface area contributed by atoms with Gasteiger partial charge in [-0.3, -0.25) is 4.79 Å². The van der Waals surface area contributed by atoms with Crippen molar-refractivity contribution in [3.05, 3.63) is 18.0 Å². The highest BCUT2D eigenvalue weighted by Crippen LogP contribution is 2.12. The van der Waals surface area contributed by atoms with E-state index in [0.29, 0.717) is 37.9 Å². The van der Waals surface area contributed by atoms with E-state index in [9.17, 15) is 4.79 Å². The molecule has 0 saturated carbocycles. The van der Waals surface area contributed by atoms with E-state index >= 15 is 0 Å². The predicted octanol–water partition coefficient (Wildman–Crippen LogP) is -0.299. The highest BCUT2D eigenvalue weighted by molar-refractivity contribution is 5.92. The third-order valence-electron chi connectivity index (χ3n) is 3.95. The summed E-state index contributed by atoms with van der Waals surface area (Å²) in [6.07, 6.45) is 1.67. The zero-order valence-corrected chi connectivity index (χ0v) is 12.4. The number of amides is 1. The molecule has 0 spiro atoms. The number of piperazine rings is 1. The maximum Gasteiger partial charge on any atom is 0.272 e. The van der Waals surface area contributed by atoms with Gasteiger partial charge in [0.1, 0.15) is 5.69 Å². The number of ether oxygens (including phenoxy) is 1. The molecule has 3 rings (SSSR count). The summed E-state index contributed by atoms with van der Waals surface area (Å²) >= 11 is 0. The highest BCUT2D eigenvalue weighted by Gasteiger charge is 2.22. The Morgan fingerprint density at radius 3 is 2.57 bits per heavy atom. The molecule has 21 heavy (non-hydrogen) atoms. The van der Waals surface area contributed by atoms with Crippen LogP contribution in [-0.4, -0.2) is 85.2 Å². The first kappa shape index (κ1) is 14.2. The summed E-state index contributed by atoms with van der Waals surface area (Å²) in [4.78, 5) is 27.4. The van der Waals surface area contributed by atoms with E-state index in [4.69, 9.17) is 4.74 Å². The van der Waals surface area contributed by atoms with Gasteiger partial charge in [0, 0.05) is 45.5 Å². The molecular weight excluding hydrogens is 270 g/mol. The molecule has 7 nitrogen and oxygen atoms in total. The van der Waals surface area contributed by atoms with Crippen molar-refractivity contribution in [3.8, 4) is 0 Å². The van der Waals surface area contributed by atoms with Crippen LogP contribution in [0.5, 0.6) is 0 Å². The van der Waals surface area contributed by atoms with E-state index in [1.165, 1.54) is 0 Å². The van der Waals surface area contributed by atoms with Crippen molar-refractivity contribution in [1.82, 2.24) is 19.8 Å². The number of anilines is 1. The van der Waals surface area contributed by atoms with Crippen LogP contribution in [0, 0.1) is 0 Å². The van der Waals surface area contributed by atoms with E-state index < -0.39 is 0 Å². The lowest BCUT2D eigenvalue weighted by atomic mass is 10.3. The van der Waals surface area contributed by atoms with Crippen LogP contribution in [0.4, 0.5) is 5.95 Å². The normalized spacial score (nSPS) is 20.6. The summed E-state index contributed by atoms with van der Waals surface area (Å²) in [6, 6.07) is 1.69. The van der Waals surface area contributed by atoms with E-state index in [1.807, 2.05) is 0 Å². The number of nitrogens with zero attached hydrogens (tertiary/aromatic N) is 5. The SMILES string of the molecule is CN1CCN(c2nccc(C(=O)N3CCOCC3)n2)CC1. The minimum absolute atomic E-state index is 0.0314. The van der Waals surface area contributed by atoms with Crippen molar-refractivity contribution in [2.24, 2.45) is 0 Å². The standard InChI is InChI=1S/C14H21N5O2/c1-17-4-6-19(7-5-17)14-15-3-2-12(16-14)13(20)18-8-10-21-11-9-18/h2-3H,4-11H2,1H3. The molecule has 1 amide bonds. The van der Waals surface area contributed by atoms with Gasteiger partial charge in [-0.15, -0.1) is 0 Å². The topological polar surface area (TPSA) is 61.8 Å². The van der Waals surface area contributed by atoms with Gasteiger partial charge >= 0.3 is 0 Å². The van der Waals surface area contributed by atoms with Crippen LogP contribution in [0.2, 0.25) is 0 Å². The van der Waals surface area contributed by atoms with Crippen molar-refractivity contribution in [3.63, 3.8) is 0 Å². The quantitative estimate of drug-likeness (QED) is 0.745. The van der Waals surface area contributed by atoms with Gasteiger partial charge in [-0.25, -0.2) is 9.97 Å². The molecule has 0 aliphatic carbocycles. The number of hydrogen-bond donors (Lipinski definition) is 0. The Morgan fingerprint density at radius 1 is 1.14 bits per heavy atom. The van der Waals surface area contributed by atoms with Crippen molar-refractivity contribution >= 4 is 11.9 Å². The molecule has 2 aliphatic rings. The van der Waals surface area contributed by atoms with Gasteiger partial charge in [0.15, 0.2) is 0 Å². The second-order valence-electron chi connectivity index (χ2n) is 5.44. The number of carbonyl (C=O) groups is 1. The average molecular weight is 291 g/mol. The van der Waals surface area contributed by atoms with E-state index in [1.54, 1.807) is 17.2 Å². The second-order valence-corrected chi connectivity index (χ2v) is 5.44.